The molecule has 1 N–H and O–H groups in total. The summed E-state index contributed by atoms with van der Waals surface area (Å²) in [4.78, 5) is 16.0. The first-order chi connectivity index (χ1) is 9.51. The van der Waals surface area contributed by atoms with Crippen LogP contribution in [0.2, 0.25) is 5.15 Å². The number of pyridine rings is 1. The summed E-state index contributed by atoms with van der Waals surface area (Å²) in [7, 11) is 0. The third kappa shape index (κ3) is 3.37. The van der Waals surface area contributed by atoms with E-state index in [0.717, 1.165) is 0 Å². The molecule has 1 aromatic heterocycles. The van der Waals surface area contributed by atoms with Gasteiger partial charge in [0.05, 0.1) is 22.9 Å². The number of carbonyl (C=O) groups is 1. The molecule has 7 heteroatoms. The van der Waals surface area contributed by atoms with E-state index in [4.69, 9.17) is 16.9 Å². The maximum absolute atomic E-state index is 12.2. The van der Waals surface area contributed by atoms with Crippen LogP contribution in [-0.2, 0) is 0 Å². The molecule has 0 bridgehead atoms. The highest BCUT2D eigenvalue weighted by molar-refractivity contribution is 9.10. The molecule has 0 aliphatic carbocycles. The van der Waals surface area contributed by atoms with Crippen LogP contribution < -0.4 is 5.32 Å². The van der Waals surface area contributed by atoms with Crippen LogP contribution in [0.4, 0.5) is 5.69 Å². The Morgan fingerprint density at radius 1 is 1.35 bits per heavy atom. The average molecular weight is 415 g/mol. The third-order valence-corrected chi connectivity index (χ3v) is 3.79. The third-order valence-electron chi connectivity index (χ3n) is 2.40. The highest BCUT2D eigenvalue weighted by atomic mass is 79.9. The zero-order chi connectivity index (χ0) is 14.7. The molecule has 0 unspecified atom stereocenters. The Balaban J connectivity index is 2.28. The Labute approximate surface area is 137 Å². The van der Waals surface area contributed by atoms with E-state index in [-0.39, 0.29) is 16.6 Å². The lowest BCUT2D eigenvalue weighted by Crippen LogP contribution is -2.13. The molecule has 0 spiro atoms. The predicted octanol–water partition coefficient (Wildman–Crippen LogP) is 4.38. The number of nitriles is 1. The number of hydrogen-bond acceptors (Lipinski definition) is 3. The lowest BCUT2D eigenvalue weighted by Gasteiger charge is -2.08. The summed E-state index contributed by atoms with van der Waals surface area (Å²) < 4.78 is 1.27. The normalized spacial score (nSPS) is 9.90. The first kappa shape index (κ1) is 15.0. The summed E-state index contributed by atoms with van der Waals surface area (Å²) in [5.74, 6) is -0.380. The van der Waals surface area contributed by atoms with Crippen LogP contribution in [0.3, 0.4) is 0 Å². The summed E-state index contributed by atoms with van der Waals surface area (Å²) in [5.41, 5.74) is 1.30. The summed E-state index contributed by atoms with van der Waals surface area (Å²) in [6.07, 6.45) is 1.51. The van der Waals surface area contributed by atoms with Crippen molar-refractivity contribution < 1.29 is 4.79 Å². The monoisotopic (exact) mass is 413 g/mol. The van der Waals surface area contributed by atoms with Crippen molar-refractivity contribution in [2.24, 2.45) is 0 Å². The SMILES string of the molecule is N#Cc1ccc(NC(=O)c2cc(Br)cnc2Cl)c(Br)c1. The summed E-state index contributed by atoms with van der Waals surface area (Å²) >= 11 is 12.4. The van der Waals surface area contributed by atoms with Crippen molar-refractivity contribution in [2.75, 3.05) is 5.32 Å². The van der Waals surface area contributed by atoms with E-state index in [1.165, 1.54) is 6.20 Å². The van der Waals surface area contributed by atoms with Crippen LogP contribution in [0.5, 0.6) is 0 Å². The second-order valence-electron chi connectivity index (χ2n) is 3.75. The smallest absolute Gasteiger partial charge is 0.258 e. The molecule has 0 fully saturated rings. The second-order valence-corrected chi connectivity index (χ2v) is 5.88. The fourth-order valence-electron chi connectivity index (χ4n) is 1.46. The molecule has 0 saturated carbocycles. The van der Waals surface area contributed by atoms with Crippen molar-refractivity contribution in [3.63, 3.8) is 0 Å². The van der Waals surface area contributed by atoms with Crippen molar-refractivity contribution in [3.05, 3.63) is 55.7 Å². The van der Waals surface area contributed by atoms with Crippen molar-refractivity contribution in [1.29, 1.82) is 5.26 Å². The van der Waals surface area contributed by atoms with E-state index >= 15 is 0 Å². The number of nitrogens with zero attached hydrogens (tertiary/aromatic N) is 2. The van der Waals surface area contributed by atoms with Crippen LogP contribution in [0, 0.1) is 11.3 Å². The van der Waals surface area contributed by atoms with Gasteiger partial charge in [-0.25, -0.2) is 4.98 Å². The second kappa shape index (κ2) is 6.35. The van der Waals surface area contributed by atoms with Crippen molar-refractivity contribution in [1.82, 2.24) is 4.98 Å². The number of benzene rings is 1. The molecule has 1 aromatic carbocycles. The van der Waals surface area contributed by atoms with Crippen molar-refractivity contribution in [2.45, 2.75) is 0 Å². The van der Waals surface area contributed by atoms with Crippen LogP contribution in [0.25, 0.3) is 0 Å². The van der Waals surface area contributed by atoms with E-state index < -0.39 is 0 Å². The average Bonchev–Trinajstić information content (AvgIpc) is 2.43. The van der Waals surface area contributed by atoms with E-state index in [2.05, 4.69) is 42.2 Å². The van der Waals surface area contributed by atoms with Crippen LogP contribution in [0.15, 0.2) is 39.4 Å². The lowest BCUT2D eigenvalue weighted by molar-refractivity contribution is 0.102. The van der Waals surface area contributed by atoms with Crippen molar-refractivity contribution in [3.8, 4) is 6.07 Å². The molecule has 1 heterocycles. The zero-order valence-corrected chi connectivity index (χ0v) is 13.8. The number of anilines is 1. The summed E-state index contributed by atoms with van der Waals surface area (Å²) in [6.45, 7) is 0. The summed E-state index contributed by atoms with van der Waals surface area (Å²) in [6, 6.07) is 8.47. The van der Waals surface area contributed by atoms with Gasteiger partial charge in [0.2, 0.25) is 0 Å². The van der Waals surface area contributed by atoms with Gasteiger partial charge < -0.3 is 5.32 Å². The molecule has 20 heavy (non-hydrogen) atoms. The maximum atomic E-state index is 12.2. The minimum absolute atomic E-state index is 0.121. The molecule has 100 valence electrons. The molecule has 2 rings (SSSR count). The Kier molecular flexibility index (Phi) is 4.76. The first-order valence-electron chi connectivity index (χ1n) is 5.33. The van der Waals surface area contributed by atoms with Gasteiger partial charge in [-0.15, -0.1) is 0 Å². The van der Waals surface area contributed by atoms with Gasteiger partial charge in [-0.1, -0.05) is 11.6 Å². The quantitative estimate of drug-likeness (QED) is 0.740. The number of amides is 1. The molecule has 0 aliphatic rings. The van der Waals surface area contributed by atoms with E-state index in [1.54, 1.807) is 24.3 Å². The Bertz CT molecular complexity index is 728. The van der Waals surface area contributed by atoms with Gasteiger partial charge in [-0.3, -0.25) is 4.79 Å². The highest BCUT2D eigenvalue weighted by Gasteiger charge is 2.13. The molecule has 4 nitrogen and oxygen atoms in total. The van der Waals surface area contributed by atoms with Gasteiger partial charge in [-0.2, -0.15) is 5.26 Å². The number of carbonyl (C=O) groups excluding carboxylic acids is 1. The molecule has 0 atom stereocenters. The highest BCUT2D eigenvalue weighted by Crippen LogP contribution is 2.25. The fourth-order valence-corrected chi connectivity index (χ4v) is 2.46. The lowest BCUT2D eigenvalue weighted by atomic mass is 10.2. The largest absolute Gasteiger partial charge is 0.321 e. The first-order valence-corrected chi connectivity index (χ1v) is 7.29. The topological polar surface area (TPSA) is 65.8 Å². The van der Waals surface area contributed by atoms with Gasteiger partial charge in [0.15, 0.2) is 0 Å². The number of nitrogens with one attached hydrogen (secondary N) is 1. The van der Waals surface area contributed by atoms with Crippen LogP contribution in [-0.4, -0.2) is 10.9 Å². The molecule has 2 aromatic rings. The minimum atomic E-state index is -0.380. The standard InChI is InChI=1S/C13H6Br2ClN3O/c14-8-4-9(12(16)18-6-8)13(20)19-11-2-1-7(5-17)3-10(11)15/h1-4,6H,(H,19,20). The van der Waals surface area contributed by atoms with Crippen molar-refractivity contribution >= 4 is 55.1 Å². The van der Waals surface area contributed by atoms with Gasteiger partial charge in [0.1, 0.15) is 5.15 Å². The number of aromatic nitrogens is 1. The summed E-state index contributed by atoms with van der Waals surface area (Å²) in [5, 5.41) is 11.6. The molecule has 0 saturated heterocycles. The molecule has 0 radical (unpaired) electrons. The Hall–Kier alpha value is -1.42. The van der Waals surface area contributed by atoms with Crippen LogP contribution >= 0.6 is 43.5 Å². The molecule has 1 amide bonds. The predicted molar refractivity (Wildman–Crippen MR) is 83.8 cm³/mol. The van der Waals surface area contributed by atoms with Crippen LogP contribution in [0.1, 0.15) is 15.9 Å². The Morgan fingerprint density at radius 3 is 2.75 bits per heavy atom. The zero-order valence-electron chi connectivity index (χ0n) is 9.82. The minimum Gasteiger partial charge on any atom is -0.321 e. The number of rotatable bonds is 2. The number of hydrogen-bond donors (Lipinski definition) is 1. The van der Waals surface area contributed by atoms with Gasteiger partial charge >= 0.3 is 0 Å². The molecular formula is C13H6Br2ClN3O. The van der Waals surface area contributed by atoms with Gasteiger partial charge in [0, 0.05) is 15.1 Å². The van der Waals surface area contributed by atoms with Gasteiger partial charge in [-0.05, 0) is 56.1 Å². The van der Waals surface area contributed by atoms with E-state index in [1.807, 2.05) is 6.07 Å². The fraction of sp³-hybridized carbons (Fsp3) is 0. The molecular weight excluding hydrogens is 409 g/mol. The Morgan fingerprint density at radius 2 is 2.10 bits per heavy atom. The molecule has 0 aliphatic heterocycles. The van der Waals surface area contributed by atoms with E-state index in [9.17, 15) is 4.79 Å². The van der Waals surface area contributed by atoms with Gasteiger partial charge in [0.25, 0.3) is 5.91 Å². The number of halogens is 3. The van der Waals surface area contributed by atoms with E-state index in [0.29, 0.717) is 20.2 Å². The maximum Gasteiger partial charge on any atom is 0.258 e.